The molecule has 5 heteroatoms. The number of aliphatic hydroxyl groups is 2. The minimum Gasteiger partial charge on any atom is -0.395 e. The third kappa shape index (κ3) is 6.26. The molecule has 2 rings (SSSR count). The largest absolute Gasteiger partial charge is 0.395 e. The number of ether oxygens (including phenoxy) is 1. The van der Waals surface area contributed by atoms with E-state index in [1.807, 2.05) is 0 Å². The molecule has 0 aromatic rings. The summed E-state index contributed by atoms with van der Waals surface area (Å²) in [5, 5.41) is 19.4. The Morgan fingerprint density at radius 2 is 1.75 bits per heavy atom. The molecule has 0 aromatic carbocycles. The van der Waals surface area contributed by atoms with Crippen molar-refractivity contribution in [2.24, 2.45) is 17.8 Å². The third-order valence-electron chi connectivity index (χ3n) is 5.81. The highest BCUT2D eigenvalue weighted by Gasteiger charge is 2.32. The molecule has 0 amide bonds. The van der Waals surface area contributed by atoms with Gasteiger partial charge in [-0.25, -0.2) is 0 Å². The van der Waals surface area contributed by atoms with Crippen molar-refractivity contribution in [2.75, 3.05) is 52.5 Å². The Hall–Kier alpha value is -0.200. The van der Waals surface area contributed by atoms with Crippen LogP contribution in [-0.2, 0) is 4.74 Å². The molecule has 2 aliphatic rings. The van der Waals surface area contributed by atoms with Crippen molar-refractivity contribution in [2.45, 2.75) is 52.2 Å². The fraction of sp³-hybridized carbons (Fsp3) is 1.00. The molecule has 2 fully saturated rings. The van der Waals surface area contributed by atoms with E-state index in [2.05, 4.69) is 30.6 Å². The molecule has 142 valence electrons. The van der Waals surface area contributed by atoms with Gasteiger partial charge in [0.2, 0.25) is 0 Å². The van der Waals surface area contributed by atoms with Crippen molar-refractivity contribution in [3.8, 4) is 0 Å². The maximum Gasteiger partial charge on any atom is 0.0900 e. The number of hydrogen-bond acceptors (Lipinski definition) is 5. The van der Waals surface area contributed by atoms with Gasteiger partial charge < -0.3 is 14.9 Å². The molecule has 1 aliphatic carbocycles. The van der Waals surface area contributed by atoms with E-state index in [0.29, 0.717) is 31.1 Å². The van der Waals surface area contributed by atoms with Gasteiger partial charge in [-0.3, -0.25) is 9.80 Å². The van der Waals surface area contributed by atoms with Crippen LogP contribution in [0, 0.1) is 17.8 Å². The molecule has 1 heterocycles. The van der Waals surface area contributed by atoms with E-state index in [0.717, 1.165) is 45.1 Å². The minimum absolute atomic E-state index is 0.229. The van der Waals surface area contributed by atoms with Crippen molar-refractivity contribution >= 4 is 0 Å². The summed E-state index contributed by atoms with van der Waals surface area (Å²) in [7, 11) is 0. The molecule has 0 aromatic heterocycles. The maximum absolute atomic E-state index is 10.4. The Labute approximate surface area is 148 Å². The van der Waals surface area contributed by atoms with Crippen LogP contribution >= 0.6 is 0 Å². The van der Waals surface area contributed by atoms with E-state index in [1.165, 1.54) is 12.8 Å². The summed E-state index contributed by atoms with van der Waals surface area (Å²) in [5.41, 5.74) is 0. The molecule has 5 nitrogen and oxygen atoms in total. The number of rotatable bonds is 8. The zero-order valence-electron chi connectivity index (χ0n) is 15.9. The Morgan fingerprint density at radius 3 is 2.38 bits per heavy atom. The summed E-state index contributed by atoms with van der Waals surface area (Å²) in [6.07, 6.45) is 3.61. The van der Waals surface area contributed by atoms with E-state index in [1.54, 1.807) is 0 Å². The average Bonchev–Trinajstić information content (AvgIpc) is 2.55. The van der Waals surface area contributed by atoms with Gasteiger partial charge in [-0.05, 0) is 30.6 Å². The quantitative estimate of drug-likeness (QED) is 0.699. The van der Waals surface area contributed by atoms with Crippen molar-refractivity contribution in [3.63, 3.8) is 0 Å². The first-order chi connectivity index (χ1) is 11.5. The lowest BCUT2D eigenvalue weighted by Crippen LogP contribution is -2.49. The van der Waals surface area contributed by atoms with Crippen LogP contribution < -0.4 is 0 Å². The van der Waals surface area contributed by atoms with Crippen molar-refractivity contribution in [3.05, 3.63) is 0 Å². The Kier molecular flexibility index (Phi) is 8.44. The first-order valence-electron chi connectivity index (χ1n) is 9.84. The third-order valence-corrected chi connectivity index (χ3v) is 5.81. The van der Waals surface area contributed by atoms with Gasteiger partial charge in [0, 0.05) is 39.3 Å². The van der Waals surface area contributed by atoms with Crippen LogP contribution in [0.1, 0.15) is 40.0 Å². The number of aliphatic hydroxyl groups excluding tert-OH is 2. The minimum atomic E-state index is -0.403. The number of β-amino-alcohol motifs (C(OH)–C–C–N with tert-alkyl or cyclic N) is 2. The standard InChI is InChI=1S/C19H38N2O3/c1-15(2)18-5-4-16(3)12-19(18)24-14-17(23)13-21-8-6-20(7-9-21)10-11-22/h15-19,22-23H,4-14H2,1-3H3/t16-,17-,18-,19-/m1/s1. The van der Waals surface area contributed by atoms with Gasteiger partial charge in [0.15, 0.2) is 0 Å². The fourth-order valence-electron chi connectivity index (χ4n) is 4.23. The summed E-state index contributed by atoms with van der Waals surface area (Å²) in [6.45, 7) is 12.9. The summed E-state index contributed by atoms with van der Waals surface area (Å²) in [4.78, 5) is 4.58. The second kappa shape index (κ2) is 10.1. The number of nitrogens with zero attached hydrogens (tertiary/aromatic N) is 2. The highest BCUT2D eigenvalue weighted by Crippen LogP contribution is 2.35. The van der Waals surface area contributed by atoms with Crippen LogP contribution in [0.4, 0.5) is 0 Å². The molecule has 0 radical (unpaired) electrons. The molecule has 0 unspecified atom stereocenters. The molecule has 0 bridgehead atoms. The van der Waals surface area contributed by atoms with Crippen LogP contribution in [0.3, 0.4) is 0 Å². The molecule has 1 saturated carbocycles. The molecular weight excluding hydrogens is 304 g/mol. The second-order valence-corrected chi connectivity index (χ2v) is 8.22. The lowest BCUT2D eigenvalue weighted by molar-refractivity contribution is -0.0755. The van der Waals surface area contributed by atoms with Crippen LogP contribution in [0.25, 0.3) is 0 Å². The lowest BCUT2D eigenvalue weighted by Gasteiger charge is -2.38. The average molecular weight is 343 g/mol. The maximum atomic E-state index is 10.4. The van der Waals surface area contributed by atoms with Gasteiger partial charge >= 0.3 is 0 Å². The van der Waals surface area contributed by atoms with E-state index in [-0.39, 0.29) is 6.61 Å². The van der Waals surface area contributed by atoms with Crippen LogP contribution in [0.15, 0.2) is 0 Å². The van der Waals surface area contributed by atoms with Crippen molar-refractivity contribution in [1.82, 2.24) is 9.80 Å². The molecular formula is C19H38N2O3. The molecule has 1 aliphatic heterocycles. The molecule has 24 heavy (non-hydrogen) atoms. The van der Waals surface area contributed by atoms with Crippen LogP contribution in [0.2, 0.25) is 0 Å². The van der Waals surface area contributed by atoms with E-state index < -0.39 is 6.10 Å². The number of piperazine rings is 1. The molecule has 2 N–H and O–H groups in total. The molecule has 4 atom stereocenters. The highest BCUT2D eigenvalue weighted by molar-refractivity contribution is 4.82. The summed E-state index contributed by atoms with van der Waals surface area (Å²) in [6, 6.07) is 0. The zero-order valence-corrected chi connectivity index (χ0v) is 15.9. The predicted molar refractivity (Wildman–Crippen MR) is 97.1 cm³/mol. The van der Waals surface area contributed by atoms with Crippen molar-refractivity contribution < 1.29 is 14.9 Å². The van der Waals surface area contributed by atoms with Crippen LogP contribution in [-0.4, -0.2) is 84.7 Å². The summed E-state index contributed by atoms with van der Waals surface area (Å²) in [5.74, 6) is 2.02. The van der Waals surface area contributed by atoms with Gasteiger partial charge in [0.05, 0.1) is 25.4 Å². The lowest BCUT2D eigenvalue weighted by atomic mass is 9.75. The van der Waals surface area contributed by atoms with Gasteiger partial charge in [0.25, 0.3) is 0 Å². The monoisotopic (exact) mass is 342 g/mol. The van der Waals surface area contributed by atoms with E-state index in [9.17, 15) is 5.11 Å². The first kappa shape index (κ1) is 20.1. The Morgan fingerprint density at radius 1 is 1.08 bits per heavy atom. The fourth-order valence-corrected chi connectivity index (χ4v) is 4.23. The van der Waals surface area contributed by atoms with Gasteiger partial charge in [-0.15, -0.1) is 0 Å². The van der Waals surface area contributed by atoms with Gasteiger partial charge in [-0.2, -0.15) is 0 Å². The van der Waals surface area contributed by atoms with E-state index >= 15 is 0 Å². The SMILES string of the molecule is CC(C)[C@H]1CC[C@@H](C)C[C@H]1OC[C@H](O)CN1CCN(CCO)CC1. The predicted octanol–water partition coefficient (Wildman–Crippen LogP) is 1.43. The number of hydrogen-bond donors (Lipinski definition) is 2. The van der Waals surface area contributed by atoms with Crippen molar-refractivity contribution in [1.29, 1.82) is 0 Å². The topological polar surface area (TPSA) is 56.2 Å². The Bertz CT molecular complexity index is 346. The van der Waals surface area contributed by atoms with Crippen LogP contribution in [0.5, 0.6) is 0 Å². The summed E-state index contributed by atoms with van der Waals surface area (Å²) >= 11 is 0. The van der Waals surface area contributed by atoms with E-state index in [4.69, 9.17) is 9.84 Å². The smallest absolute Gasteiger partial charge is 0.0900 e. The first-order valence-corrected chi connectivity index (χ1v) is 9.84. The van der Waals surface area contributed by atoms with Gasteiger partial charge in [-0.1, -0.05) is 27.2 Å². The van der Waals surface area contributed by atoms with Gasteiger partial charge in [0.1, 0.15) is 0 Å². The molecule has 0 spiro atoms. The highest BCUT2D eigenvalue weighted by atomic mass is 16.5. The second-order valence-electron chi connectivity index (χ2n) is 8.22. The summed E-state index contributed by atoms with van der Waals surface area (Å²) < 4.78 is 6.17. The Balaban J connectivity index is 1.69. The zero-order chi connectivity index (χ0) is 17.5. The molecule has 1 saturated heterocycles. The normalized spacial score (nSPS) is 31.5.